The zero-order valence-corrected chi connectivity index (χ0v) is 18.9. The third kappa shape index (κ3) is 6.07. The number of benzene rings is 2. The third-order valence-corrected chi connectivity index (χ3v) is 4.53. The van der Waals surface area contributed by atoms with Crippen LogP contribution < -0.4 is 24.8 Å². The van der Waals surface area contributed by atoms with Crippen LogP contribution in [0.5, 0.6) is 17.2 Å². The van der Waals surface area contributed by atoms with Crippen LogP contribution in [0.15, 0.2) is 47.5 Å². The van der Waals surface area contributed by atoms with Crippen molar-refractivity contribution in [2.24, 2.45) is 4.99 Å². The monoisotopic (exact) mass is 537 g/mol. The molecule has 3 rings (SSSR count). The van der Waals surface area contributed by atoms with Crippen LogP contribution in [-0.4, -0.2) is 39.6 Å². The Balaban J connectivity index is 0.00000320. The second-order valence-corrected chi connectivity index (χ2v) is 6.45. The smallest absolute Gasteiger partial charge is 0.493 e. The number of ether oxygens (including phenoxy) is 3. The van der Waals surface area contributed by atoms with Gasteiger partial charge in [-0.15, -0.1) is 37.1 Å². The highest BCUT2D eigenvalue weighted by molar-refractivity contribution is 14.0. The minimum absolute atomic E-state index is 0. The minimum atomic E-state index is -4.72. The van der Waals surface area contributed by atoms with E-state index in [0.717, 1.165) is 5.69 Å². The topological polar surface area (TPSA) is 64.1 Å². The van der Waals surface area contributed by atoms with Crippen molar-refractivity contribution < 1.29 is 27.4 Å². The van der Waals surface area contributed by atoms with Gasteiger partial charge in [0.2, 0.25) is 0 Å². The second kappa shape index (κ2) is 10.1. The molecular weight excluding hydrogens is 514 g/mol. The number of nitrogens with one attached hydrogen (secondary N) is 2. The molecule has 2 aromatic carbocycles. The highest BCUT2D eigenvalue weighted by Crippen LogP contribution is 2.45. The Labute approximate surface area is 189 Å². The molecule has 1 fully saturated rings. The van der Waals surface area contributed by atoms with E-state index in [9.17, 15) is 13.2 Å². The van der Waals surface area contributed by atoms with Crippen molar-refractivity contribution in [3.05, 3.63) is 48.0 Å². The van der Waals surface area contributed by atoms with Gasteiger partial charge >= 0.3 is 6.36 Å². The Kier molecular flexibility index (Phi) is 8.04. The average Bonchev–Trinajstić information content (AvgIpc) is 3.45. The van der Waals surface area contributed by atoms with Gasteiger partial charge in [0.1, 0.15) is 5.75 Å². The summed E-state index contributed by atoms with van der Waals surface area (Å²) >= 11 is 0. The van der Waals surface area contributed by atoms with E-state index in [1.807, 2.05) is 6.07 Å². The predicted octanol–water partition coefficient (Wildman–Crippen LogP) is 4.76. The van der Waals surface area contributed by atoms with Crippen LogP contribution in [0.2, 0.25) is 0 Å². The van der Waals surface area contributed by atoms with Gasteiger partial charge in [-0.25, -0.2) is 0 Å². The fourth-order valence-corrected chi connectivity index (χ4v) is 3.09. The predicted molar refractivity (Wildman–Crippen MR) is 119 cm³/mol. The number of halogens is 4. The molecule has 0 spiro atoms. The fraction of sp³-hybridized carbons (Fsp3) is 0.350. The number of hydrogen-bond donors (Lipinski definition) is 2. The van der Waals surface area contributed by atoms with Gasteiger partial charge in [0, 0.05) is 30.8 Å². The van der Waals surface area contributed by atoms with E-state index >= 15 is 0 Å². The molecule has 0 radical (unpaired) electrons. The van der Waals surface area contributed by atoms with Gasteiger partial charge in [-0.1, -0.05) is 18.2 Å². The van der Waals surface area contributed by atoms with E-state index in [0.29, 0.717) is 29.4 Å². The number of para-hydroxylation sites is 1. The van der Waals surface area contributed by atoms with Gasteiger partial charge in [-0.2, -0.15) is 0 Å². The van der Waals surface area contributed by atoms with Crippen molar-refractivity contribution in [2.75, 3.05) is 26.6 Å². The molecule has 0 aliphatic heterocycles. The normalized spacial score (nSPS) is 18.1. The lowest BCUT2D eigenvalue weighted by molar-refractivity contribution is -0.274. The summed E-state index contributed by atoms with van der Waals surface area (Å²) in [6, 6.07) is 11.5. The van der Waals surface area contributed by atoms with E-state index < -0.39 is 6.36 Å². The zero-order chi connectivity index (χ0) is 21.0. The molecule has 6 nitrogen and oxygen atoms in total. The summed E-state index contributed by atoms with van der Waals surface area (Å²) in [5.74, 6) is 1.40. The highest BCUT2D eigenvalue weighted by Gasteiger charge is 2.42. The number of anilines is 1. The molecule has 10 heteroatoms. The molecule has 2 atom stereocenters. The van der Waals surface area contributed by atoms with Crippen LogP contribution in [0, 0.1) is 0 Å². The molecule has 0 amide bonds. The molecule has 2 unspecified atom stereocenters. The van der Waals surface area contributed by atoms with Crippen molar-refractivity contribution in [1.29, 1.82) is 0 Å². The maximum absolute atomic E-state index is 12.6. The minimum Gasteiger partial charge on any atom is -0.493 e. The largest absolute Gasteiger partial charge is 0.573 e. The molecule has 164 valence electrons. The maximum atomic E-state index is 12.6. The summed E-state index contributed by atoms with van der Waals surface area (Å²) in [5.41, 5.74) is 1.25. The van der Waals surface area contributed by atoms with Crippen LogP contribution >= 0.6 is 24.0 Å². The number of aliphatic imine (C=N–C) groups is 1. The Morgan fingerprint density at radius 1 is 1.03 bits per heavy atom. The quantitative estimate of drug-likeness (QED) is 0.316. The summed E-state index contributed by atoms with van der Waals surface area (Å²) in [5, 5.41) is 6.37. The lowest BCUT2D eigenvalue weighted by Gasteiger charge is -2.15. The van der Waals surface area contributed by atoms with Gasteiger partial charge in [-0.05, 0) is 30.2 Å². The van der Waals surface area contributed by atoms with E-state index in [2.05, 4.69) is 20.4 Å². The van der Waals surface area contributed by atoms with Gasteiger partial charge in [0.25, 0.3) is 0 Å². The summed E-state index contributed by atoms with van der Waals surface area (Å²) in [6.07, 6.45) is -4.05. The van der Waals surface area contributed by atoms with Gasteiger partial charge in [0.05, 0.1) is 14.2 Å². The summed E-state index contributed by atoms with van der Waals surface area (Å²) < 4.78 is 52.6. The van der Waals surface area contributed by atoms with Gasteiger partial charge in [-0.3, -0.25) is 4.99 Å². The number of guanidine groups is 1. The Bertz CT molecular complexity index is 893. The molecular formula is C20H23F3IN3O3. The molecule has 0 heterocycles. The van der Waals surface area contributed by atoms with Crippen molar-refractivity contribution in [2.45, 2.75) is 24.7 Å². The van der Waals surface area contributed by atoms with E-state index in [1.165, 1.54) is 12.1 Å². The lowest BCUT2D eigenvalue weighted by atomic mass is 10.1. The van der Waals surface area contributed by atoms with E-state index in [4.69, 9.17) is 9.47 Å². The number of rotatable bonds is 6. The fourth-order valence-electron chi connectivity index (χ4n) is 3.09. The molecule has 30 heavy (non-hydrogen) atoms. The average molecular weight is 537 g/mol. The van der Waals surface area contributed by atoms with Crippen LogP contribution in [0.3, 0.4) is 0 Å². The number of nitrogens with zero attached hydrogens (tertiary/aromatic N) is 1. The van der Waals surface area contributed by atoms with Crippen molar-refractivity contribution in [3.63, 3.8) is 0 Å². The van der Waals surface area contributed by atoms with E-state index in [1.54, 1.807) is 45.5 Å². The van der Waals surface area contributed by atoms with Crippen LogP contribution in [0.25, 0.3) is 0 Å². The van der Waals surface area contributed by atoms with Crippen LogP contribution in [-0.2, 0) is 0 Å². The third-order valence-electron chi connectivity index (χ3n) is 4.53. The molecule has 1 aliphatic carbocycles. The van der Waals surface area contributed by atoms with Crippen LogP contribution in [0.1, 0.15) is 17.9 Å². The molecule has 1 saturated carbocycles. The molecule has 0 saturated heterocycles. The van der Waals surface area contributed by atoms with Gasteiger partial charge in [0.15, 0.2) is 17.5 Å². The van der Waals surface area contributed by atoms with Crippen molar-refractivity contribution in [3.8, 4) is 17.2 Å². The first kappa shape index (κ1) is 23.9. The Hall–Kier alpha value is -2.37. The van der Waals surface area contributed by atoms with Gasteiger partial charge < -0.3 is 24.8 Å². The molecule has 1 aliphatic rings. The first-order valence-electron chi connectivity index (χ1n) is 8.91. The lowest BCUT2D eigenvalue weighted by Crippen LogP contribution is -2.33. The van der Waals surface area contributed by atoms with E-state index in [-0.39, 0.29) is 41.7 Å². The number of methoxy groups -OCH3 is 2. The van der Waals surface area contributed by atoms with Crippen molar-refractivity contribution in [1.82, 2.24) is 5.32 Å². The molecule has 0 bridgehead atoms. The zero-order valence-electron chi connectivity index (χ0n) is 16.6. The Morgan fingerprint density at radius 3 is 2.37 bits per heavy atom. The van der Waals surface area contributed by atoms with Crippen LogP contribution in [0.4, 0.5) is 18.9 Å². The first-order chi connectivity index (χ1) is 13.8. The Morgan fingerprint density at radius 2 is 1.73 bits per heavy atom. The summed E-state index contributed by atoms with van der Waals surface area (Å²) in [7, 11) is 4.72. The second-order valence-electron chi connectivity index (χ2n) is 6.45. The molecule has 0 aromatic heterocycles. The first-order valence-corrected chi connectivity index (χ1v) is 8.91. The molecule has 2 aromatic rings. The number of hydrogen-bond acceptors (Lipinski definition) is 4. The van der Waals surface area contributed by atoms with Crippen molar-refractivity contribution >= 4 is 35.6 Å². The molecule has 2 N–H and O–H groups in total. The number of alkyl halides is 3. The summed E-state index contributed by atoms with van der Waals surface area (Å²) in [4.78, 5) is 4.18. The standard InChI is InChI=1S/C20H22F3N3O3.HI/c1-24-19(25-12-8-9-17(27-2)18(10-12)28-3)26-15-11-14(15)13-6-4-5-7-16(13)29-20(21,22)23;/h4-10,14-15H,11H2,1-3H3,(H2,24,25,26);1H. The maximum Gasteiger partial charge on any atom is 0.573 e. The summed E-state index contributed by atoms with van der Waals surface area (Å²) in [6.45, 7) is 0. The highest BCUT2D eigenvalue weighted by atomic mass is 127. The SMILES string of the molecule is CN=C(Nc1ccc(OC)c(OC)c1)NC1CC1c1ccccc1OC(F)(F)F.I.